The topological polar surface area (TPSA) is 115 Å². The molecule has 23 heavy (non-hydrogen) atoms. The summed E-state index contributed by atoms with van der Waals surface area (Å²) in [6, 6.07) is 0. The van der Waals surface area contributed by atoms with Crippen LogP contribution in [0.5, 0.6) is 0 Å². The van der Waals surface area contributed by atoms with Gasteiger partial charge in [-0.25, -0.2) is 0 Å². The van der Waals surface area contributed by atoms with Gasteiger partial charge in [-0.3, -0.25) is 14.4 Å². The Morgan fingerprint density at radius 2 is 1.65 bits per heavy atom. The first-order valence-electron chi connectivity index (χ1n) is 8.87. The molecule has 6 nitrogen and oxygen atoms in total. The summed E-state index contributed by atoms with van der Waals surface area (Å²) < 4.78 is 0. The predicted octanol–water partition coefficient (Wildman–Crippen LogP) is 0.481. The molecule has 5 N–H and O–H groups in total. The zero-order valence-electron chi connectivity index (χ0n) is 13.6. The van der Waals surface area contributed by atoms with E-state index in [1.54, 1.807) is 0 Å². The molecule has 0 radical (unpaired) electrons. The molecule has 6 heteroatoms. The van der Waals surface area contributed by atoms with Crippen LogP contribution in [0.3, 0.4) is 0 Å². The molecule has 0 bridgehead atoms. The number of fused-ring (bicyclic) bond motifs is 1. The van der Waals surface area contributed by atoms with Crippen molar-refractivity contribution in [2.75, 3.05) is 6.54 Å². The third-order valence-electron chi connectivity index (χ3n) is 6.45. The van der Waals surface area contributed by atoms with E-state index in [9.17, 15) is 14.4 Å². The van der Waals surface area contributed by atoms with Gasteiger partial charge in [0.15, 0.2) is 0 Å². The van der Waals surface area contributed by atoms with Crippen molar-refractivity contribution in [3.8, 4) is 0 Å². The number of carbonyl (C=O) groups excluding carboxylic acids is 3. The highest BCUT2D eigenvalue weighted by Gasteiger charge is 2.62. The second-order valence-electron chi connectivity index (χ2n) is 7.52. The van der Waals surface area contributed by atoms with E-state index in [-0.39, 0.29) is 11.8 Å². The number of hydrogen-bond acceptors (Lipinski definition) is 4. The van der Waals surface area contributed by atoms with Gasteiger partial charge >= 0.3 is 0 Å². The lowest BCUT2D eigenvalue weighted by Crippen LogP contribution is -2.65. The summed E-state index contributed by atoms with van der Waals surface area (Å²) in [6.45, 7) is 0.697. The average Bonchev–Trinajstić information content (AvgIpc) is 3.12. The Hall–Kier alpha value is -1.43. The van der Waals surface area contributed by atoms with Gasteiger partial charge in [-0.1, -0.05) is 25.7 Å². The van der Waals surface area contributed by atoms with Crippen molar-refractivity contribution in [3.05, 3.63) is 0 Å². The van der Waals surface area contributed by atoms with Crippen LogP contribution >= 0.6 is 0 Å². The lowest BCUT2D eigenvalue weighted by Gasteiger charge is -2.43. The number of Topliss-reactive ketones (excluding diaryl/α,β-unsaturated/α-hetero) is 1. The minimum atomic E-state index is -1.09. The Morgan fingerprint density at radius 1 is 0.957 bits per heavy atom. The SMILES string of the molecule is NC(=O)C(=O)[C@@H](C1CCCCC1)C1(C(N)=O)NCC2CCCC21. The third kappa shape index (κ3) is 2.57. The van der Waals surface area contributed by atoms with E-state index in [0.717, 1.165) is 51.4 Å². The molecule has 2 amide bonds. The molecule has 2 saturated carbocycles. The summed E-state index contributed by atoms with van der Waals surface area (Å²) in [5.41, 5.74) is 10.1. The van der Waals surface area contributed by atoms with E-state index >= 15 is 0 Å². The van der Waals surface area contributed by atoms with E-state index in [1.165, 1.54) is 0 Å². The van der Waals surface area contributed by atoms with Gasteiger partial charge in [-0.05, 0) is 50.0 Å². The van der Waals surface area contributed by atoms with Crippen molar-refractivity contribution >= 4 is 17.6 Å². The van der Waals surface area contributed by atoms with E-state index in [2.05, 4.69) is 5.32 Å². The molecule has 0 aromatic heterocycles. The maximum atomic E-state index is 12.7. The van der Waals surface area contributed by atoms with Crippen molar-refractivity contribution < 1.29 is 14.4 Å². The van der Waals surface area contributed by atoms with E-state index in [4.69, 9.17) is 11.5 Å². The maximum Gasteiger partial charge on any atom is 0.285 e. The highest BCUT2D eigenvalue weighted by Crippen LogP contribution is 2.50. The number of ketones is 1. The Labute approximate surface area is 136 Å². The Balaban J connectivity index is 2.02. The van der Waals surface area contributed by atoms with Gasteiger partial charge in [0.2, 0.25) is 11.7 Å². The van der Waals surface area contributed by atoms with Gasteiger partial charge < -0.3 is 16.8 Å². The van der Waals surface area contributed by atoms with Gasteiger partial charge in [0.1, 0.15) is 5.54 Å². The average molecular weight is 321 g/mol. The first-order chi connectivity index (χ1) is 11.0. The molecule has 128 valence electrons. The van der Waals surface area contributed by atoms with Gasteiger partial charge in [0.25, 0.3) is 5.91 Å². The summed E-state index contributed by atoms with van der Waals surface area (Å²) in [5, 5.41) is 3.30. The van der Waals surface area contributed by atoms with Crippen molar-refractivity contribution in [2.45, 2.75) is 56.9 Å². The number of primary amides is 2. The van der Waals surface area contributed by atoms with Crippen LogP contribution < -0.4 is 16.8 Å². The molecule has 0 aromatic rings. The zero-order chi connectivity index (χ0) is 16.6. The number of nitrogens with two attached hydrogens (primary N) is 2. The van der Waals surface area contributed by atoms with Crippen molar-refractivity contribution in [1.82, 2.24) is 5.32 Å². The quantitative estimate of drug-likeness (QED) is 0.639. The number of carbonyl (C=O) groups is 3. The number of amides is 2. The van der Waals surface area contributed by atoms with E-state index < -0.39 is 29.1 Å². The minimum absolute atomic E-state index is 0.0168. The fraction of sp³-hybridized carbons (Fsp3) is 0.824. The van der Waals surface area contributed by atoms with Crippen LogP contribution in [-0.2, 0) is 14.4 Å². The Bertz CT molecular complexity index is 515. The van der Waals surface area contributed by atoms with Crippen LogP contribution in [0.4, 0.5) is 0 Å². The van der Waals surface area contributed by atoms with Gasteiger partial charge in [0, 0.05) is 0 Å². The first kappa shape index (κ1) is 16.4. The number of hydrogen-bond donors (Lipinski definition) is 3. The summed E-state index contributed by atoms with van der Waals surface area (Å²) in [5.74, 6) is -2.31. The van der Waals surface area contributed by atoms with Crippen LogP contribution in [0.2, 0.25) is 0 Å². The van der Waals surface area contributed by atoms with Crippen molar-refractivity contribution in [3.63, 3.8) is 0 Å². The van der Waals surface area contributed by atoms with Gasteiger partial charge in [-0.2, -0.15) is 0 Å². The zero-order valence-corrected chi connectivity index (χ0v) is 13.6. The van der Waals surface area contributed by atoms with Crippen molar-refractivity contribution in [1.29, 1.82) is 0 Å². The van der Waals surface area contributed by atoms with E-state index in [1.807, 2.05) is 0 Å². The fourth-order valence-electron chi connectivity index (χ4n) is 5.49. The van der Waals surface area contributed by atoms with Crippen LogP contribution in [0.1, 0.15) is 51.4 Å². The fourth-order valence-corrected chi connectivity index (χ4v) is 5.49. The van der Waals surface area contributed by atoms with Crippen LogP contribution in [0.15, 0.2) is 0 Å². The monoisotopic (exact) mass is 321 g/mol. The molecule has 2 aliphatic carbocycles. The second kappa shape index (κ2) is 6.23. The molecule has 3 fully saturated rings. The molecule has 0 spiro atoms. The molecule has 0 aromatic carbocycles. The van der Waals surface area contributed by atoms with Crippen LogP contribution in [0.25, 0.3) is 0 Å². The van der Waals surface area contributed by atoms with E-state index in [0.29, 0.717) is 12.5 Å². The first-order valence-corrected chi connectivity index (χ1v) is 8.87. The van der Waals surface area contributed by atoms with Crippen molar-refractivity contribution in [2.24, 2.45) is 35.1 Å². The lowest BCUT2D eigenvalue weighted by molar-refractivity contribution is -0.146. The lowest BCUT2D eigenvalue weighted by atomic mass is 9.63. The molecule has 1 heterocycles. The number of nitrogens with one attached hydrogen (secondary N) is 1. The molecule has 3 aliphatic rings. The normalized spacial score (nSPS) is 35.7. The summed E-state index contributed by atoms with van der Waals surface area (Å²) in [6.07, 6.45) is 7.89. The summed E-state index contributed by atoms with van der Waals surface area (Å²) >= 11 is 0. The molecule has 4 atom stereocenters. The third-order valence-corrected chi connectivity index (χ3v) is 6.45. The standard InChI is InChI=1S/C17H27N3O3/c18-15(22)14(21)13(10-5-2-1-3-6-10)17(16(19)23)12-8-4-7-11(12)9-20-17/h10-13,20H,1-9H2,(H2,18,22)(H2,19,23)/t11?,12?,13-,17?/m1/s1. The highest BCUT2D eigenvalue weighted by molar-refractivity contribution is 6.37. The van der Waals surface area contributed by atoms with Gasteiger partial charge in [-0.15, -0.1) is 0 Å². The maximum absolute atomic E-state index is 12.7. The molecule has 1 saturated heterocycles. The molecular formula is C17H27N3O3. The Kier molecular flexibility index (Phi) is 4.45. The van der Waals surface area contributed by atoms with Crippen LogP contribution in [-0.4, -0.2) is 29.7 Å². The molecular weight excluding hydrogens is 294 g/mol. The Morgan fingerprint density at radius 3 is 2.26 bits per heavy atom. The molecule has 3 unspecified atom stereocenters. The van der Waals surface area contributed by atoms with Crippen LogP contribution in [0, 0.1) is 23.7 Å². The highest BCUT2D eigenvalue weighted by atomic mass is 16.2. The molecule has 1 aliphatic heterocycles. The smallest absolute Gasteiger partial charge is 0.285 e. The minimum Gasteiger partial charge on any atom is -0.368 e. The number of rotatable bonds is 5. The predicted molar refractivity (Wildman–Crippen MR) is 85.0 cm³/mol. The summed E-state index contributed by atoms with van der Waals surface area (Å²) in [7, 11) is 0. The van der Waals surface area contributed by atoms with Gasteiger partial charge in [0.05, 0.1) is 5.92 Å². The summed E-state index contributed by atoms with van der Waals surface area (Å²) in [4.78, 5) is 36.9. The molecule has 3 rings (SSSR count). The largest absolute Gasteiger partial charge is 0.368 e. The second-order valence-corrected chi connectivity index (χ2v) is 7.52.